The third-order valence-corrected chi connectivity index (χ3v) is 14.5. The second-order valence-electron chi connectivity index (χ2n) is 17.7. The van der Waals surface area contributed by atoms with Gasteiger partial charge in [-0.2, -0.15) is 0 Å². The van der Waals surface area contributed by atoms with Crippen molar-refractivity contribution in [1.29, 1.82) is 0 Å². The van der Waals surface area contributed by atoms with E-state index in [-0.39, 0.29) is 34.2 Å². The highest BCUT2D eigenvalue weighted by Gasteiger charge is 2.69. The molecule has 2 bridgehead atoms. The van der Waals surface area contributed by atoms with E-state index in [4.69, 9.17) is 23.7 Å². The first-order valence-electron chi connectivity index (χ1n) is 19.8. The highest BCUT2D eigenvalue weighted by molar-refractivity contribution is 5.87. The Morgan fingerprint density at radius 2 is 1.51 bits per heavy atom. The van der Waals surface area contributed by atoms with Gasteiger partial charge in [-0.25, -0.2) is 4.79 Å². The fourth-order valence-electron chi connectivity index (χ4n) is 11.6. The molecule has 4 aliphatic carbocycles. The molecule has 16 nitrogen and oxygen atoms in total. The van der Waals surface area contributed by atoms with Gasteiger partial charge in [-0.1, -0.05) is 26.0 Å². The molecule has 4 saturated carbocycles. The quantitative estimate of drug-likeness (QED) is 0.0553. The average molecular weight is 805 g/mol. The molecule has 57 heavy (non-hydrogen) atoms. The van der Waals surface area contributed by atoms with E-state index in [1.165, 1.54) is 24.3 Å². The molecule has 16 atom stereocenters. The zero-order valence-corrected chi connectivity index (χ0v) is 32.2. The fraction of sp³-hybridized carbons (Fsp3) is 0.707. The standard InChI is InChI=1S/C41H56O16/c1-20-16-40-13-9-26-38(2,11-4-12-39(26,3)37(52)56-35-33(50)31(48)29(46)24(17-42)54-35)27(40)10-14-41(20,19-40)57-36-34(51)32(49)30(47)25(55-36)18-53-28(45)8-6-21-5-7-22(43)23(44)15-21/h5-8,15,24-27,29-36,42-44,46-51H,1,4,9-14,16-19H2,2-3H3/b8-6+/t24-,25-,26+,27+,29-,30-,31+,32+,33-,34-,35+,36+,38-,39-,40-,41+/m1/s1. The van der Waals surface area contributed by atoms with Gasteiger partial charge in [0, 0.05) is 6.08 Å². The number of aromatic hydroxyl groups is 2. The van der Waals surface area contributed by atoms with Crippen LogP contribution in [0.2, 0.25) is 0 Å². The van der Waals surface area contributed by atoms with Crippen molar-refractivity contribution in [2.24, 2.45) is 28.1 Å². The van der Waals surface area contributed by atoms with Crippen LogP contribution in [0.3, 0.4) is 0 Å². The highest BCUT2D eigenvalue weighted by Crippen LogP contribution is 2.73. The molecule has 2 saturated heterocycles. The predicted molar refractivity (Wildman–Crippen MR) is 196 cm³/mol. The molecule has 1 aromatic rings. The van der Waals surface area contributed by atoms with Crippen LogP contribution in [0.4, 0.5) is 0 Å². The van der Waals surface area contributed by atoms with Crippen molar-refractivity contribution in [3.63, 3.8) is 0 Å². The summed E-state index contributed by atoms with van der Waals surface area (Å²) in [5.74, 6) is -1.98. The van der Waals surface area contributed by atoms with Crippen molar-refractivity contribution in [2.45, 2.75) is 139 Å². The number of benzene rings is 1. The van der Waals surface area contributed by atoms with Gasteiger partial charge in [-0.05, 0) is 110 Å². The maximum atomic E-state index is 14.1. The topological polar surface area (TPSA) is 262 Å². The number of carbonyl (C=O) groups excluding carboxylic acids is 2. The molecular weight excluding hydrogens is 748 g/mol. The first-order chi connectivity index (χ1) is 26.9. The molecule has 1 spiro atoms. The number of phenols is 2. The smallest absolute Gasteiger partial charge is 0.330 e. The first-order valence-corrected chi connectivity index (χ1v) is 19.8. The molecule has 0 amide bonds. The molecule has 0 radical (unpaired) electrons. The lowest BCUT2D eigenvalue weighted by Gasteiger charge is -2.64. The summed E-state index contributed by atoms with van der Waals surface area (Å²) in [4.78, 5) is 26.6. The van der Waals surface area contributed by atoms with E-state index < -0.39 is 97.6 Å². The number of aliphatic hydroxyl groups excluding tert-OH is 7. The van der Waals surface area contributed by atoms with E-state index in [0.29, 0.717) is 44.1 Å². The van der Waals surface area contributed by atoms with Crippen molar-refractivity contribution in [1.82, 2.24) is 0 Å². The number of phenolic OH excluding ortho intramolecular Hbond substituents is 2. The molecule has 0 unspecified atom stereocenters. The van der Waals surface area contributed by atoms with E-state index >= 15 is 0 Å². The summed E-state index contributed by atoms with van der Waals surface area (Å²) < 4.78 is 29.2. The van der Waals surface area contributed by atoms with Crippen molar-refractivity contribution in [3.05, 3.63) is 42.0 Å². The van der Waals surface area contributed by atoms with Crippen molar-refractivity contribution in [2.75, 3.05) is 13.2 Å². The highest BCUT2D eigenvalue weighted by atomic mass is 16.7. The van der Waals surface area contributed by atoms with Crippen LogP contribution in [0.1, 0.15) is 77.2 Å². The van der Waals surface area contributed by atoms with E-state index in [1.807, 2.05) is 6.92 Å². The summed E-state index contributed by atoms with van der Waals surface area (Å²) in [5.41, 5.74) is -1.16. The molecule has 316 valence electrons. The zero-order valence-electron chi connectivity index (χ0n) is 32.2. The van der Waals surface area contributed by atoms with Crippen molar-refractivity contribution < 1.29 is 79.2 Å². The van der Waals surface area contributed by atoms with Crippen LogP contribution in [0, 0.1) is 28.1 Å². The van der Waals surface area contributed by atoms with Crippen LogP contribution in [-0.2, 0) is 33.3 Å². The molecule has 16 heteroatoms. The second-order valence-corrected chi connectivity index (χ2v) is 17.7. The van der Waals surface area contributed by atoms with Gasteiger partial charge in [-0.3, -0.25) is 4.79 Å². The van der Waals surface area contributed by atoms with Crippen LogP contribution in [0.5, 0.6) is 11.5 Å². The van der Waals surface area contributed by atoms with E-state index in [0.717, 1.165) is 30.9 Å². The monoisotopic (exact) mass is 804 g/mol. The van der Waals surface area contributed by atoms with Gasteiger partial charge in [0.25, 0.3) is 0 Å². The van der Waals surface area contributed by atoms with Gasteiger partial charge in [-0.15, -0.1) is 0 Å². The van der Waals surface area contributed by atoms with E-state index in [2.05, 4.69) is 13.5 Å². The van der Waals surface area contributed by atoms with Gasteiger partial charge < -0.3 is 69.6 Å². The van der Waals surface area contributed by atoms with Crippen LogP contribution in [0.25, 0.3) is 6.08 Å². The Morgan fingerprint density at radius 1 is 0.842 bits per heavy atom. The first kappa shape index (κ1) is 42.0. The lowest BCUT2D eigenvalue weighted by atomic mass is 9.41. The maximum absolute atomic E-state index is 14.1. The zero-order chi connectivity index (χ0) is 41.2. The molecule has 7 rings (SSSR count). The van der Waals surface area contributed by atoms with Crippen molar-refractivity contribution >= 4 is 18.0 Å². The number of hydrogen-bond donors (Lipinski definition) is 9. The predicted octanol–water partition coefficient (Wildman–Crippen LogP) is 0.913. The minimum Gasteiger partial charge on any atom is -0.504 e. The molecule has 0 aromatic heterocycles. The largest absolute Gasteiger partial charge is 0.504 e. The van der Waals surface area contributed by atoms with Gasteiger partial charge in [0.2, 0.25) is 6.29 Å². The molecule has 6 fully saturated rings. The summed E-state index contributed by atoms with van der Waals surface area (Å²) in [6.07, 6.45) is -6.74. The van der Waals surface area contributed by atoms with Gasteiger partial charge in [0.05, 0.1) is 17.6 Å². The minimum absolute atomic E-state index is 0.0965. The van der Waals surface area contributed by atoms with Gasteiger partial charge in [0.15, 0.2) is 17.8 Å². The van der Waals surface area contributed by atoms with E-state index in [9.17, 15) is 55.5 Å². The Kier molecular flexibility index (Phi) is 11.4. The summed E-state index contributed by atoms with van der Waals surface area (Å²) in [7, 11) is 0. The number of rotatable bonds is 9. The Morgan fingerprint density at radius 3 is 2.21 bits per heavy atom. The summed E-state index contributed by atoms with van der Waals surface area (Å²) in [6, 6.07) is 4.00. The second kappa shape index (κ2) is 15.5. The Balaban J connectivity index is 1.02. The lowest BCUT2D eigenvalue weighted by molar-refractivity contribution is -0.327. The van der Waals surface area contributed by atoms with Crippen LogP contribution >= 0.6 is 0 Å². The third-order valence-electron chi connectivity index (χ3n) is 14.5. The molecule has 6 aliphatic rings. The number of hydrogen-bond acceptors (Lipinski definition) is 16. The minimum atomic E-state index is -1.70. The molecular formula is C41H56O16. The average Bonchev–Trinajstić information content (AvgIpc) is 3.37. The molecule has 9 N–H and O–H groups in total. The SMILES string of the molecule is C=C1C[C@@]23CC[C@H]4[C@@](C)(CCC[C@@]4(C)C(=O)O[C@@H]4O[C@H](CO)[C@@H](O)[C@H](O)[C@H]4O)[C@@H]2CC[C@]1(O[C@@H]1O[C@H](COC(=O)/C=C/c2ccc(O)c(O)c2)[C@@H](O)[C@H](O)[C@H]1O)C3. The molecule has 1 aromatic carbocycles. The Bertz CT molecular complexity index is 1730. The van der Waals surface area contributed by atoms with Crippen molar-refractivity contribution in [3.8, 4) is 11.5 Å². The normalized spacial score (nSPS) is 45.6. The Labute approximate surface area is 330 Å². The number of esters is 2. The fourth-order valence-corrected chi connectivity index (χ4v) is 11.6. The number of fused-ring (bicyclic) bond motifs is 3. The molecule has 2 aliphatic heterocycles. The van der Waals surface area contributed by atoms with Gasteiger partial charge >= 0.3 is 11.9 Å². The summed E-state index contributed by atoms with van der Waals surface area (Å²) in [5, 5.41) is 92.6. The van der Waals surface area contributed by atoms with E-state index in [1.54, 1.807) is 0 Å². The maximum Gasteiger partial charge on any atom is 0.330 e. The van der Waals surface area contributed by atoms with Crippen LogP contribution in [0.15, 0.2) is 36.4 Å². The van der Waals surface area contributed by atoms with Gasteiger partial charge in [0.1, 0.15) is 55.4 Å². The lowest BCUT2D eigenvalue weighted by Crippen LogP contribution is -2.63. The van der Waals surface area contributed by atoms with Crippen LogP contribution in [-0.4, -0.2) is 138 Å². The number of aliphatic hydroxyl groups is 7. The summed E-state index contributed by atoms with van der Waals surface area (Å²) >= 11 is 0. The number of ether oxygens (including phenoxy) is 5. The number of carbonyl (C=O) groups is 2. The molecule has 2 heterocycles. The third kappa shape index (κ3) is 7.19. The van der Waals surface area contributed by atoms with Crippen LogP contribution < -0.4 is 0 Å². The Hall–Kier alpha value is -3.16. The summed E-state index contributed by atoms with van der Waals surface area (Å²) in [6.45, 7) is 7.46.